The summed E-state index contributed by atoms with van der Waals surface area (Å²) in [5.74, 6) is -0.521. The van der Waals surface area contributed by atoms with E-state index in [2.05, 4.69) is 5.32 Å². The highest BCUT2D eigenvalue weighted by Crippen LogP contribution is 2.25. The van der Waals surface area contributed by atoms with Crippen LogP contribution in [0.4, 0.5) is 11.4 Å². The molecule has 0 spiro atoms. The van der Waals surface area contributed by atoms with Crippen LogP contribution in [0.25, 0.3) is 0 Å². The second-order valence-corrected chi connectivity index (χ2v) is 5.77. The lowest BCUT2D eigenvalue weighted by Gasteiger charge is -2.25. The van der Waals surface area contributed by atoms with Crippen LogP contribution in [0.2, 0.25) is 0 Å². The average Bonchev–Trinajstić information content (AvgIpc) is 2.53. The predicted molar refractivity (Wildman–Crippen MR) is 94.5 cm³/mol. The second-order valence-electron chi connectivity index (χ2n) is 5.77. The van der Waals surface area contributed by atoms with Gasteiger partial charge in [0.1, 0.15) is 0 Å². The molecule has 0 saturated carbocycles. The van der Waals surface area contributed by atoms with Crippen molar-refractivity contribution in [2.24, 2.45) is 0 Å². The molecular weight excluding hydrogens is 306 g/mol. The highest BCUT2D eigenvalue weighted by atomic mass is 16.3. The fourth-order valence-corrected chi connectivity index (χ4v) is 2.58. The van der Waals surface area contributed by atoms with Crippen LogP contribution < -0.4 is 11.1 Å². The Bertz CT molecular complexity index is 735. The lowest BCUT2D eigenvalue weighted by molar-refractivity contribution is -0.116. The maximum Gasteiger partial charge on any atom is 0.204 e. The fraction of sp³-hybridized carbons (Fsp3) is 0.333. The Hall–Kier alpha value is -2.60. The molecule has 6 nitrogen and oxygen atoms in total. The van der Waals surface area contributed by atoms with E-state index in [9.17, 15) is 9.59 Å². The SMILES string of the molecule is CCN(CCO)C1=CC(=O)C(Nc2cc(C)c(N)cc2C)=CC1=O. The van der Waals surface area contributed by atoms with Crippen molar-refractivity contribution in [3.63, 3.8) is 0 Å². The van der Waals surface area contributed by atoms with Crippen LogP contribution in [-0.4, -0.2) is 41.3 Å². The van der Waals surface area contributed by atoms with Gasteiger partial charge in [0, 0.05) is 36.6 Å². The van der Waals surface area contributed by atoms with E-state index in [1.165, 1.54) is 12.2 Å². The molecule has 0 radical (unpaired) electrons. The van der Waals surface area contributed by atoms with Crippen molar-refractivity contribution in [2.75, 3.05) is 30.7 Å². The van der Waals surface area contributed by atoms with Gasteiger partial charge in [-0.05, 0) is 44.0 Å². The van der Waals surface area contributed by atoms with Gasteiger partial charge in [-0.1, -0.05) is 0 Å². The Kier molecular flexibility index (Phi) is 5.41. The summed E-state index contributed by atoms with van der Waals surface area (Å²) in [5, 5.41) is 12.1. The van der Waals surface area contributed by atoms with Gasteiger partial charge >= 0.3 is 0 Å². The average molecular weight is 329 g/mol. The Morgan fingerprint density at radius 1 is 1.12 bits per heavy atom. The number of aliphatic hydroxyl groups is 1. The predicted octanol–water partition coefficient (Wildman–Crippen LogP) is 1.53. The number of nitrogen functional groups attached to an aromatic ring is 1. The molecule has 0 saturated heterocycles. The number of ketones is 2. The van der Waals surface area contributed by atoms with E-state index in [4.69, 9.17) is 10.8 Å². The van der Waals surface area contributed by atoms with Crippen molar-refractivity contribution in [2.45, 2.75) is 20.8 Å². The van der Waals surface area contributed by atoms with Gasteiger partial charge in [-0.25, -0.2) is 0 Å². The minimum atomic E-state index is -0.269. The van der Waals surface area contributed by atoms with Gasteiger partial charge in [0.25, 0.3) is 0 Å². The number of carbonyl (C=O) groups is 2. The summed E-state index contributed by atoms with van der Waals surface area (Å²) in [7, 11) is 0. The molecular formula is C18H23N3O3. The highest BCUT2D eigenvalue weighted by molar-refractivity contribution is 6.20. The maximum absolute atomic E-state index is 12.4. The van der Waals surface area contributed by atoms with Crippen molar-refractivity contribution in [1.82, 2.24) is 4.90 Å². The molecule has 1 aromatic carbocycles. The first-order chi connectivity index (χ1) is 11.4. The van der Waals surface area contributed by atoms with E-state index < -0.39 is 0 Å². The van der Waals surface area contributed by atoms with Crippen molar-refractivity contribution in [1.29, 1.82) is 0 Å². The van der Waals surface area contributed by atoms with E-state index in [1.54, 1.807) is 4.90 Å². The van der Waals surface area contributed by atoms with Crippen LogP contribution in [0, 0.1) is 13.8 Å². The highest BCUT2D eigenvalue weighted by Gasteiger charge is 2.24. The molecule has 0 aliphatic heterocycles. The van der Waals surface area contributed by atoms with Crippen molar-refractivity contribution in [3.8, 4) is 0 Å². The number of nitrogens with zero attached hydrogens (tertiary/aromatic N) is 1. The molecule has 128 valence electrons. The summed E-state index contributed by atoms with van der Waals surface area (Å²) < 4.78 is 0. The number of hydrogen-bond acceptors (Lipinski definition) is 6. The van der Waals surface area contributed by atoms with Crippen LogP contribution >= 0.6 is 0 Å². The van der Waals surface area contributed by atoms with E-state index in [0.29, 0.717) is 24.5 Å². The van der Waals surface area contributed by atoms with Crippen LogP contribution in [0.5, 0.6) is 0 Å². The molecule has 0 heterocycles. The number of anilines is 2. The van der Waals surface area contributed by atoms with Gasteiger partial charge in [0.05, 0.1) is 18.0 Å². The molecule has 4 N–H and O–H groups in total. The number of allylic oxidation sites excluding steroid dienone is 2. The molecule has 1 aliphatic rings. The van der Waals surface area contributed by atoms with Crippen molar-refractivity contribution in [3.05, 3.63) is 46.8 Å². The van der Waals surface area contributed by atoms with Gasteiger partial charge in [-0.2, -0.15) is 0 Å². The summed E-state index contributed by atoms with van der Waals surface area (Å²) in [6.07, 6.45) is 2.63. The topological polar surface area (TPSA) is 95.7 Å². The minimum Gasteiger partial charge on any atom is -0.399 e. The van der Waals surface area contributed by atoms with E-state index >= 15 is 0 Å². The number of hydrogen-bond donors (Lipinski definition) is 3. The van der Waals surface area contributed by atoms with E-state index in [0.717, 1.165) is 16.8 Å². The zero-order valence-electron chi connectivity index (χ0n) is 14.2. The van der Waals surface area contributed by atoms with E-state index in [-0.39, 0.29) is 23.9 Å². The summed E-state index contributed by atoms with van der Waals surface area (Å²) in [4.78, 5) is 26.4. The molecule has 0 bridgehead atoms. The molecule has 0 unspecified atom stereocenters. The molecule has 0 aromatic heterocycles. The Balaban J connectivity index is 2.25. The van der Waals surface area contributed by atoms with E-state index in [1.807, 2.05) is 32.9 Å². The molecule has 0 fully saturated rings. The number of aryl methyl sites for hydroxylation is 2. The van der Waals surface area contributed by atoms with Gasteiger partial charge in [-0.15, -0.1) is 0 Å². The molecule has 1 aliphatic carbocycles. The molecule has 24 heavy (non-hydrogen) atoms. The number of nitrogens with one attached hydrogen (secondary N) is 1. The Morgan fingerprint density at radius 3 is 2.46 bits per heavy atom. The van der Waals surface area contributed by atoms with Gasteiger partial charge in [-0.3, -0.25) is 9.59 Å². The lowest BCUT2D eigenvalue weighted by Crippen LogP contribution is -2.33. The monoisotopic (exact) mass is 329 g/mol. The Labute approximate surface area is 141 Å². The van der Waals surface area contributed by atoms with Crippen molar-refractivity contribution >= 4 is 22.9 Å². The number of aliphatic hydroxyl groups excluding tert-OH is 1. The third-order valence-electron chi connectivity index (χ3n) is 4.04. The van der Waals surface area contributed by atoms with Crippen LogP contribution in [0.15, 0.2) is 35.7 Å². The number of benzene rings is 1. The number of likely N-dealkylation sites (N-methyl/N-ethyl adjacent to an activating group) is 1. The quantitative estimate of drug-likeness (QED) is 0.541. The summed E-state index contributed by atoms with van der Waals surface area (Å²) >= 11 is 0. The lowest BCUT2D eigenvalue weighted by atomic mass is 10.0. The zero-order chi connectivity index (χ0) is 17.9. The fourth-order valence-electron chi connectivity index (χ4n) is 2.58. The molecule has 1 aromatic rings. The smallest absolute Gasteiger partial charge is 0.204 e. The van der Waals surface area contributed by atoms with Crippen LogP contribution in [-0.2, 0) is 9.59 Å². The second kappa shape index (κ2) is 7.31. The minimum absolute atomic E-state index is 0.0780. The Morgan fingerprint density at radius 2 is 1.83 bits per heavy atom. The van der Waals surface area contributed by atoms with Crippen LogP contribution in [0.3, 0.4) is 0 Å². The van der Waals surface area contributed by atoms with Crippen molar-refractivity contribution < 1.29 is 14.7 Å². The third kappa shape index (κ3) is 3.65. The first kappa shape index (κ1) is 17.7. The van der Waals surface area contributed by atoms with Crippen LogP contribution in [0.1, 0.15) is 18.1 Å². The molecule has 0 atom stereocenters. The zero-order valence-corrected chi connectivity index (χ0v) is 14.2. The molecule has 0 amide bonds. The normalized spacial score (nSPS) is 14.3. The number of nitrogens with two attached hydrogens (primary N) is 1. The van der Waals surface area contributed by atoms with Gasteiger partial charge < -0.3 is 21.1 Å². The summed E-state index contributed by atoms with van der Waals surface area (Å²) in [6, 6.07) is 3.68. The summed E-state index contributed by atoms with van der Waals surface area (Å²) in [6.45, 7) is 6.41. The standard InChI is InChI=1S/C18H23N3O3/c1-4-21(5-6-22)16-10-17(23)15(9-18(16)24)20-14-8-11(2)13(19)7-12(14)3/h7-10,20,22H,4-6,19H2,1-3H3. The number of carbonyl (C=O) groups excluding carboxylic acids is 2. The van der Waals surface area contributed by atoms with Gasteiger partial charge in [0.2, 0.25) is 11.6 Å². The molecule has 2 rings (SSSR count). The first-order valence-electron chi connectivity index (χ1n) is 7.89. The third-order valence-corrected chi connectivity index (χ3v) is 4.04. The number of rotatable bonds is 6. The first-order valence-corrected chi connectivity index (χ1v) is 7.89. The maximum atomic E-state index is 12.4. The molecule has 6 heteroatoms. The van der Waals surface area contributed by atoms with Gasteiger partial charge in [0.15, 0.2) is 0 Å². The largest absolute Gasteiger partial charge is 0.399 e. The summed E-state index contributed by atoms with van der Waals surface area (Å²) in [5.41, 5.74) is 9.63.